The van der Waals surface area contributed by atoms with Gasteiger partial charge in [0, 0.05) is 31.6 Å². The number of benzene rings is 1. The molecule has 0 unspecified atom stereocenters. The van der Waals surface area contributed by atoms with Crippen LogP contribution in [0.5, 0.6) is 0 Å². The van der Waals surface area contributed by atoms with E-state index in [2.05, 4.69) is 4.74 Å². The molecule has 8 heteroatoms. The fourth-order valence-electron chi connectivity index (χ4n) is 2.35. The van der Waals surface area contributed by atoms with Gasteiger partial charge in [-0.15, -0.1) is 0 Å². The molecule has 2 rings (SSSR count). The predicted molar refractivity (Wildman–Crippen MR) is 69.2 cm³/mol. The molecule has 0 aliphatic carbocycles. The molecule has 3 nitrogen and oxygen atoms in total. The number of esters is 1. The molecular formula is C14H14F5NO2. The lowest BCUT2D eigenvalue weighted by atomic mass is 10.0. The largest absolute Gasteiger partial charge is 0.465 e. The van der Waals surface area contributed by atoms with Crippen molar-refractivity contribution in [3.8, 4) is 0 Å². The number of nitrogens with zero attached hydrogens (tertiary/aromatic N) is 1. The third kappa shape index (κ3) is 3.48. The van der Waals surface area contributed by atoms with Gasteiger partial charge in [-0.05, 0) is 18.2 Å². The molecule has 0 atom stereocenters. The summed E-state index contributed by atoms with van der Waals surface area (Å²) in [5.74, 6) is -3.65. The van der Waals surface area contributed by atoms with Crippen LogP contribution >= 0.6 is 0 Å². The topological polar surface area (TPSA) is 29.5 Å². The molecule has 1 fully saturated rings. The number of piperidine rings is 1. The molecule has 1 aliphatic rings. The second-order valence-electron chi connectivity index (χ2n) is 5.06. The van der Waals surface area contributed by atoms with Crippen molar-refractivity contribution < 1.29 is 31.5 Å². The van der Waals surface area contributed by atoms with Crippen molar-refractivity contribution in [1.82, 2.24) is 0 Å². The van der Waals surface area contributed by atoms with Crippen molar-refractivity contribution in [3.63, 3.8) is 0 Å². The maximum absolute atomic E-state index is 13.2. The van der Waals surface area contributed by atoms with E-state index in [4.69, 9.17) is 0 Å². The van der Waals surface area contributed by atoms with Gasteiger partial charge >= 0.3 is 12.1 Å². The van der Waals surface area contributed by atoms with Crippen LogP contribution < -0.4 is 4.90 Å². The zero-order valence-electron chi connectivity index (χ0n) is 11.7. The van der Waals surface area contributed by atoms with E-state index in [-0.39, 0.29) is 24.3 Å². The molecule has 22 heavy (non-hydrogen) atoms. The Kier molecular flexibility index (Phi) is 4.30. The Bertz CT molecular complexity index is 561. The molecule has 0 aromatic heterocycles. The van der Waals surface area contributed by atoms with Crippen LogP contribution in [0.25, 0.3) is 0 Å². The number of carbonyl (C=O) groups excluding carboxylic acids is 1. The summed E-state index contributed by atoms with van der Waals surface area (Å²) in [4.78, 5) is 12.7. The van der Waals surface area contributed by atoms with E-state index in [9.17, 15) is 26.7 Å². The normalized spacial score (nSPS) is 18.2. The summed E-state index contributed by atoms with van der Waals surface area (Å²) >= 11 is 0. The Labute approximate surface area is 123 Å². The van der Waals surface area contributed by atoms with E-state index in [1.165, 1.54) is 4.90 Å². The molecular weight excluding hydrogens is 309 g/mol. The number of halogens is 5. The van der Waals surface area contributed by atoms with Gasteiger partial charge in [-0.3, -0.25) is 0 Å². The van der Waals surface area contributed by atoms with Gasteiger partial charge in [0.25, 0.3) is 5.92 Å². The number of methoxy groups -OCH3 is 1. The first-order valence-electron chi connectivity index (χ1n) is 6.56. The molecule has 0 spiro atoms. The van der Waals surface area contributed by atoms with Crippen LogP contribution in [-0.4, -0.2) is 32.1 Å². The van der Waals surface area contributed by atoms with Crippen molar-refractivity contribution >= 4 is 11.7 Å². The van der Waals surface area contributed by atoms with Gasteiger partial charge in [0.2, 0.25) is 0 Å². The minimum absolute atomic E-state index is 0.0529. The summed E-state index contributed by atoms with van der Waals surface area (Å²) in [5, 5.41) is 0. The highest BCUT2D eigenvalue weighted by Gasteiger charge is 2.39. The van der Waals surface area contributed by atoms with Gasteiger partial charge in [-0.25, -0.2) is 13.6 Å². The Balaban J connectivity index is 2.40. The minimum atomic E-state index is -4.63. The molecule has 1 heterocycles. The number of anilines is 1. The van der Waals surface area contributed by atoms with E-state index in [1.807, 2.05) is 0 Å². The van der Waals surface area contributed by atoms with Crippen LogP contribution in [0.15, 0.2) is 18.2 Å². The molecule has 1 aromatic rings. The third-order valence-corrected chi connectivity index (χ3v) is 3.56. The number of alkyl halides is 5. The summed E-state index contributed by atoms with van der Waals surface area (Å²) < 4.78 is 70.0. The van der Waals surface area contributed by atoms with Crippen molar-refractivity contribution in [2.24, 2.45) is 0 Å². The molecule has 122 valence electrons. The van der Waals surface area contributed by atoms with Crippen LogP contribution in [-0.2, 0) is 10.9 Å². The maximum Gasteiger partial charge on any atom is 0.418 e. The van der Waals surface area contributed by atoms with Crippen molar-refractivity contribution in [2.45, 2.75) is 24.9 Å². The van der Waals surface area contributed by atoms with Crippen LogP contribution in [0.1, 0.15) is 28.8 Å². The quantitative estimate of drug-likeness (QED) is 0.613. The summed E-state index contributed by atoms with van der Waals surface area (Å²) in [6.45, 7) is -0.415. The molecule has 0 bridgehead atoms. The first-order chi connectivity index (χ1) is 10.1. The van der Waals surface area contributed by atoms with E-state index < -0.39 is 36.5 Å². The van der Waals surface area contributed by atoms with Gasteiger partial charge in [-0.2, -0.15) is 13.2 Å². The SMILES string of the molecule is COC(=O)c1ccc(C(F)(F)F)c(N2CCC(F)(F)CC2)c1. The van der Waals surface area contributed by atoms with Gasteiger partial charge in [0.1, 0.15) is 0 Å². The maximum atomic E-state index is 13.2. The zero-order chi connectivity index (χ0) is 16.5. The Morgan fingerprint density at radius 1 is 1.23 bits per heavy atom. The van der Waals surface area contributed by atoms with Crippen molar-refractivity contribution in [1.29, 1.82) is 0 Å². The number of ether oxygens (including phenoxy) is 1. The second kappa shape index (κ2) is 5.73. The van der Waals surface area contributed by atoms with Crippen LogP contribution in [0.2, 0.25) is 0 Å². The van der Waals surface area contributed by atoms with Gasteiger partial charge in [-0.1, -0.05) is 0 Å². The minimum Gasteiger partial charge on any atom is -0.465 e. The lowest BCUT2D eigenvalue weighted by Gasteiger charge is -2.35. The average molecular weight is 323 g/mol. The molecule has 1 aliphatic heterocycles. The van der Waals surface area contributed by atoms with Gasteiger partial charge in [0.05, 0.1) is 18.2 Å². The second-order valence-corrected chi connectivity index (χ2v) is 5.06. The predicted octanol–water partition coefficient (Wildman–Crippen LogP) is 3.73. The molecule has 1 aromatic carbocycles. The summed E-state index contributed by atoms with van der Waals surface area (Å²) in [7, 11) is 1.11. The first-order valence-corrected chi connectivity index (χ1v) is 6.56. The number of hydrogen-bond acceptors (Lipinski definition) is 3. The average Bonchev–Trinajstić information content (AvgIpc) is 2.45. The monoisotopic (exact) mass is 323 g/mol. The van der Waals surface area contributed by atoms with Crippen molar-refractivity contribution in [3.05, 3.63) is 29.3 Å². The van der Waals surface area contributed by atoms with Gasteiger partial charge in [0.15, 0.2) is 0 Å². The first kappa shape index (κ1) is 16.5. The lowest BCUT2D eigenvalue weighted by molar-refractivity contribution is -0.137. The highest BCUT2D eigenvalue weighted by Crippen LogP contribution is 2.39. The van der Waals surface area contributed by atoms with Crippen LogP contribution in [0.3, 0.4) is 0 Å². The Hall–Kier alpha value is -1.86. The smallest absolute Gasteiger partial charge is 0.418 e. The fourth-order valence-corrected chi connectivity index (χ4v) is 2.35. The van der Waals surface area contributed by atoms with E-state index in [0.29, 0.717) is 0 Å². The molecule has 1 saturated heterocycles. The van der Waals surface area contributed by atoms with Crippen molar-refractivity contribution in [2.75, 3.05) is 25.1 Å². The summed E-state index contributed by atoms with van der Waals surface area (Å²) in [5.41, 5.74) is -1.28. The number of carbonyl (C=O) groups is 1. The third-order valence-electron chi connectivity index (χ3n) is 3.56. The number of rotatable bonds is 2. The van der Waals surface area contributed by atoms with Gasteiger partial charge < -0.3 is 9.64 Å². The Morgan fingerprint density at radius 3 is 2.32 bits per heavy atom. The van der Waals surface area contributed by atoms with Crippen LogP contribution in [0.4, 0.5) is 27.6 Å². The molecule has 0 N–H and O–H groups in total. The molecule has 0 saturated carbocycles. The Morgan fingerprint density at radius 2 is 1.82 bits per heavy atom. The van der Waals surface area contributed by atoms with E-state index in [0.717, 1.165) is 25.3 Å². The van der Waals surface area contributed by atoms with E-state index >= 15 is 0 Å². The molecule has 0 radical (unpaired) electrons. The zero-order valence-corrected chi connectivity index (χ0v) is 11.7. The highest BCUT2D eigenvalue weighted by molar-refractivity contribution is 5.91. The lowest BCUT2D eigenvalue weighted by Crippen LogP contribution is -2.40. The molecule has 0 amide bonds. The van der Waals surface area contributed by atoms with E-state index in [1.54, 1.807) is 0 Å². The summed E-state index contributed by atoms with van der Waals surface area (Å²) in [6, 6.07) is 2.82. The standard InChI is InChI=1S/C14H14F5NO2/c1-22-12(21)9-2-3-10(14(17,18)19)11(8-9)20-6-4-13(15,16)5-7-20/h2-3,8H,4-7H2,1H3. The van der Waals surface area contributed by atoms with Crippen LogP contribution in [0, 0.1) is 0 Å². The highest BCUT2D eigenvalue weighted by atomic mass is 19.4. The summed E-state index contributed by atoms with van der Waals surface area (Å²) in [6.07, 6.45) is -5.68. The fraction of sp³-hybridized carbons (Fsp3) is 0.500. The number of hydrogen-bond donors (Lipinski definition) is 0.